The van der Waals surface area contributed by atoms with Gasteiger partial charge in [0.2, 0.25) is 0 Å². The number of halogens is 1. The summed E-state index contributed by atoms with van der Waals surface area (Å²) in [6.45, 7) is 0. The van der Waals surface area contributed by atoms with Gasteiger partial charge in [-0.25, -0.2) is 0 Å². The van der Waals surface area contributed by atoms with Crippen molar-refractivity contribution in [2.75, 3.05) is 11.6 Å². The number of hydrogen-bond donors (Lipinski definition) is 0. The summed E-state index contributed by atoms with van der Waals surface area (Å²) < 4.78 is 0. The number of thioether (sulfide) groups is 2. The summed E-state index contributed by atoms with van der Waals surface area (Å²) in [5.74, 6) is 2.06. The fourth-order valence-electron chi connectivity index (χ4n) is 0.547. The SMILES string of the molecule is ClCC1CCS[CH]S1. The molecule has 1 radical (unpaired) electrons. The smallest absolute Gasteiger partial charge is 0.0715 e. The van der Waals surface area contributed by atoms with Crippen molar-refractivity contribution in [1.82, 2.24) is 0 Å². The summed E-state index contributed by atoms with van der Waals surface area (Å²) in [6, 6.07) is 0. The Morgan fingerprint density at radius 1 is 1.75 bits per heavy atom. The van der Waals surface area contributed by atoms with E-state index in [4.69, 9.17) is 11.6 Å². The van der Waals surface area contributed by atoms with Crippen molar-refractivity contribution < 1.29 is 0 Å². The Balaban J connectivity index is 2.13. The number of hydrogen-bond acceptors (Lipinski definition) is 2. The summed E-state index contributed by atoms with van der Waals surface area (Å²) in [4.78, 5) is 0. The lowest BCUT2D eigenvalue weighted by Crippen LogP contribution is -2.08. The maximum Gasteiger partial charge on any atom is 0.0715 e. The van der Waals surface area contributed by atoms with Crippen LogP contribution in [0, 0.1) is 5.08 Å². The van der Waals surface area contributed by atoms with E-state index in [0.717, 1.165) is 5.88 Å². The molecule has 1 saturated heterocycles. The third-order valence-electron chi connectivity index (χ3n) is 1.05. The summed E-state index contributed by atoms with van der Waals surface area (Å²) in [6.07, 6.45) is 1.27. The Morgan fingerprint density at radius 2 is 2.62 bits per heavy atom. The van der Waals surface area contributed by atoms with E-state index in [1.165, 1.54) is 12.2 Å². The quantitative estimate of drug-likeness (QED) is 0.551. The van der Waals surface area contributed by atoms with Gasteiger partial charge >= 0.3 is 0 Å². The van der Waals surface area contributed by atoms with Crippen molar-refractivity contribution in [2.45, 2.75) is 11.7 Å². The standard InChI is InChI=1S/C5H8ClS2/c6-3-5-1-2-7-4-8-5/h4-5H,1-3H2. The summed E-state index contributed by atoms with van der Waals surface area (Å²) in [7, 11) is 0. The van der Waals surface area contributed by atoms with Gasteiger partial charge in [0, 0.05) is 11.1 Å². The second-order valence-corrected chi connectivity index (χ2v) is 4.43. The molecule has 8 heavy (non-hydrogen) atoms. The molecule has 1 heterocycles. The van der Waals surface area contributed by atoms with Crippen LogP contribution in [-0.2, 0) is 0 Å². The van der Waals surface area contributed by atoms with Crippen LogP contribution in [0.1, 0.15) is 6.42 Å². The van der Waals surface area contributed by atoms with E-state index in [2.05, 4.69) is 5.08 Å². The molecule has 47 valence electrons. The molecular weight excluding hydrogens is 160 g/mol. The summed E-state index contributed by atoms with van der Waals surface area (Å²) in [5, 5.41) is 2.88. The minimum Gasteiger partial charge on any atom is -0.146 e. The molecule has 0 spiro atoms. The molecule has 1 unspecified atom stereocenters. The van der Waals surface area contributed by atoms with Gasteiger partial charge in [-0.2, -0.15) is 0 Å². The van der Waals surface area contributed by atoms with Gasteiger partial charge < -0.3 is 0 Å². The lowest BCUT2D eigenvalue weighted by Gasteiger charge is -2.16. The van der Waals surface area contributed by atoms with Gasteiger partial charge in [0.15, 0.2) is 0 Å². The van der Waals surface area contributed by atoms with Crippen molar-refractivity contribution >= 4 is 35.1 Å². The predicted octanol–water partition coefficient (Wildman–Crippen LogP) is 2.58. The largest absolute Gasteiger partial charge is 0.146 e. The summed E-state index contributed by atoms with van der Waals surface area (Å²) >= 11 is 9.39. The number of rotatable bonds is 1. The van der Waals surface area contributed by atoms with Crippen LogP contribution >= 0.6 is 35.1 Å². The molecule has 1 aliphatic heterocycles. The van der Waals surface area contributed by atoms with Gasteiger partial charge in [-0.1, -0.05) is 0 Å². The lowest BCUT2D eigenvalue weighted by molar-refractivity contribution is 0.923. The zero-order valence-electron chi connectivity index (χ0n) is 4.47. The van der Waals surface area contributed by atoms with Crippen molar-refractivity contribution in [3.63, 3.8) is 0 Å². The normalized spacial score (nSPS) is 30.4. The fraction of sp³-hybridized carbons (Fsp3) is 0.800. The van der Waals surface area contributed by atoms with Gasteiger partial charge in [0.1, 0.15) is 0 Å². The van der Waals surface area contributed by atoms with Crippen LogP contribution in [0.2, 0.25) is 0 Å². The predicted molar refractivity (Wildman–Crippen MR) is 43.5 cm³/mol. The highest BCUT2D eigenvalue weighted by Crippen LogP contribution is 2.32. The van der Waals surface area contributed by atoms with E-state index >= 15 is 0 Å². The molecule has 0 saturated carbocycles. The Morgan fingerprint density at radius 3 is 3.00 bits per heavy atom. The average molecular weight is 168 g/mol. The Kier molecular flexibility index (Phi) is 3.47. The second kappa shape index (κ2) is 3.91. The molecule has 0 aromatic heterocycles. The highest BCUT2D eigenvalue weighted by Gasteiger charge is 2.11. The van der Waals surface area contributed by atoms with E-state index in [1.54, 1.807) is 0 Å². The molecular formula is C5H8ClS2. The van der Waals surface area contributed by atoms with E-state index in [-0.39, 0.29) is 0 Å². The molecule has 1 aliphatic rings. The number of alkyl halides is 1. The molecule has 0 aromatic carbocycles. The Labute approximate surface area is 63.7 Å². The van der Waals surface area contributed by atoms with Crippen LogP contribution in [-0.4, -0.2) is 16.9 Å². The van der Waals surface area contributed by atoms with Crippen molar-refractivity contribution in [1.29, 1.82) is 0 Å². The highest BCUT2D eigenvalue weighted by molar-refractivity contribution is 8.20. The third-order valence-corrected chi connectivity index (χ3v) is 3.85. The molecule has 1 fully saturated rings. The average Bonchev–Trinajstić information content (AvgIpc) is 1.90. The maximum atomic E-state index is 5.63. The van der Waals surface area contributed by atoms with Crippen LogP contribution in [0.15, 0.2) is 0 Å². The first-order valence-electron chi connectivity index (χ1n) is 2.58. The zero-order chi connectivity index (χ0) is 5.82. The molecule has 0 bridgehead atoms. The fourth-order valence-corrected chi connectivity index (χ4v) is 3.14. The molecule has 1 atom stereocenters. The van der Waals surface area contributed by atoms with Crippen molar-refractivity contribution in [3.8, 4) is 0 Å². The maximum absolute atomic E-state index is 5.63. The molecule has 0 nitrogen and oxygen atoms in total. The van der Waals surface area contributed by atoms with Crippen LogP contribution < -0.4 is 0 Å². The first kappa shape index (κ1) is 7.10. The third kappa shape index (κ3) is 2.08. The van der Waals surface area contributed by atoms with Gasteiger partial charge in [0.05, 0.1) is 5.08 Å². The van der Waals surface area contributed by atoms with Crippen LogP contribution in [0.4, 0.5) is 0 Å². The topological polar surface area (TPSA) is 0 Å². The van der Waals surface area contributed by atoms with Gasteiger partial charge in [-0.05, 0) is 12.2 Å². The molecule has 3 heteroatoms. The molecule has 0 aromatic rings. The van der Waals surface area contributed by atoms with E-state index in [9.17, 15) is 0 Å². The minimum atomic E-state index is 0.693. The Bertz CT molecular complexity index is 61.4. The molecule has 0 amide bonds. The minimum absolute atomic E-state index is 0.693. The highest BCUT2D eigenvalue weighted by atomic mass is 35.5. The van der Waals surface area contributed by atoms with Crippen molar-refractivity contribution in [3.05, 3.63) is 5.08 Å². The zero-order valence-corrected chi connectivity index (χ0v) is 6.86. The van der Waals surface area contributed by atoms with Gasteiger partial charge in [-0.15, -0.1) is 35.1 Å². The van der Waals surface area contributed by atoms with Crippen LogP contribution in [0.3, 0.4) is 0 Å². The second-order valence-electron chi connectivity index (χ2n) is 1.67. The summed E-state index contributed by atoms with van der Waals surface area (Å²) in [5.41, 5.74) is 0. The first-order valence-corrected chi connectivity index (χ1v) is 5.11. The first-order chi connectivity index (χ1) is 3.93. The molecule has 0 N–H and O–H groups in total. The van der Waals surface area contributed by atoms with E-state index < -0.39 is 0 Å². The monoisotopic (exact) mass is 167 g/mol. The van der Waals surface area contributed by atoms with Crippen LogP contribution in [0.25, 0.3) is 0 Å². The van der Waals surface area contributed by atoms with Gasteiger partial charge in [-0.3, -0.25) is 0 Å². The van der Waals surface area contributed by atoms with E-state index in [0.29, 0.717) is 5.25 Å². The Hall–Kier alpha value is 0.990. The van der Waals surface area contributed by atoms with Gasteiger partial charge in [0.25, 0.3) is 0 Å². The lowest BCUT2D eigenvalue weighted by atomic mass is 10.4. The molecule has 1 rings (SSSR count). The van der Waals surface area contributed by atoms with Crippen molar-refractivity contribution in [2.24, 2.45) is 0 Å². The van der Waals surface area contributed by atoms with Crippen LogP contribution in [0.5, 0.6) is 0 Å². The molecule has 0 aliphatic carbocycles. The van der Waals surface area contributed by atoms with E-state index in [1.807, 2.05) is 23.5 Å².